The fourth-order valence-electron chi connectivity index (χ4n) is 3.53. The minimum atomic E-state index is -0.394. The number of hydrogen-bond acceptors (Lipinski definition) is 2. The molecule has 0 radical (unpaired) electrons. The summed E-state index contributed by atoms with van der Waals surface area (Å²) < 4.78 is 0. The first-order valence-corrected chi connectivity index (χ1v) is 7.59. The van der Waals surface area contributed by atoms with Crippen LogP contribution in [0.25, 0.3) is 0 Å². The molecule has 1 heterocycles. The summed E-state index contributed by atoms with van der Waals surface area (Å²) in [5, 5.41) is 9.51. The van der Waals surface area contributed by atoms with Crippen LogP contribution in [0.2, 0.25) is 0 Å². The van der Waals surface area contributed by atoms with Crippen molar-refractivity contribution in [2.45, 2.75) is 44.6 Å². The van der Waals surface area contributed by atoms with Gasteiger partial charge in [0.25, 0.3) is 0 Å². The van der Waals surface area contributed by atoms with Gasteiger partial charge in [-0.1, -0.05) is 43.5 Å². The van der Waals surface area contributed by atoms with Crippen LogP contribution in [0, 0.1) is 17.2 Å². The maximum atomic E-state index is 12.7. The topological polar surface area (TPSA) is 44.1 Å². The van der Waals surface area contributed by atoms with Gasteiger partial charge in [0.2, 0.25) is 5.91 Å². The first-order chi connectivity index (χ1) is 9.81. The zero-order valence-corrected chi connectivity index (χ0v) is 11.7. The molecule has 1 atom stereocenters. The summed E-state index contributed by atoms with van der Waals surface area (Å²) in [6.07, 6.45) is 6.40. The van der Waals surface area contributed by atoms with Crippen LogP contribution in [0.15, 0.2) is 24.3 Å². The van der Waals surface area contributed by atoms with Crippen molar-refractivity contribution >= 4 is 5.91 Å². The second-order valence-corrected chi connectivity index (χ2v) is 5.85. The van der Waals surface area contributed by atoms with Crippen molar-refractivity contribution in [3.05, 3.63) is 35.4 Å². The van der Waals surface area contributed by atoms with E-state index < -0.39 is 6.04 Å². The van der Waals surface area contributed by atoms with E-state index in [9.17, 15) is 10.1 Å². The molecular weight excluding hydrogens is 248 g/mol. The molecule has 0 aromatic heterocycles. The number of rotatable bonds is 1. The number of carbonyl (C=O) groups is 1. The second-order valence-electron chi connectivity index (χ2n) is 5.85. The summed E-state index contributed by atoms with van der Waals surface area (Å²) >= 11 is 0. The predicted molar refractivity (Wildman–Crippen MR) is 76.8 cm³/mol. The molecule has 1 amide bonds. The van der Waals surface area contributed by atoms with Crippen LogP contribution in [0.1, 0.15) is 49.3 Å². The molecular formula is C17H20N2O. The van der Waals surface area contributed by atoms with Gasteiger partial charge in [0.05, 0.1) is 6.07 Å². The lowest BCUT2D eigenvalue weighted by atomic mass is 9.86. The Morgan fingerprint density at radius 3 is 2.70 bits per heavy atom. The number of nitrogens with zero attached hydrogens (tertiary/aromatic N) is 2. The summed E-state index contributed by atoms with van der Waals surface area (Å²) in [7, 11) is 0. The third-order valence-electron chi connectivity index (χ3n) is 4.64. The number of nitriles is 1. The van der Waals surface area contributed by atoms with Crippen LogP contribution >= 0.6 is 0 Å². The Kier molecular flexibility index (Phi) is 3.73. The highest BCUT2D eigenvalue weighted by Gasteiger charge is 2.34. The highest BCUT2D eigenvalue weighted by Crippen LogP contribution is 2.33. The molecule has 1 aromatic carbocycles. The van der Waals surface area contributed by atoms with E-state index in [1.54, 1.807) is 0 Å². The van der Waals surface area contributed by atoms with E-state index in [1.165, 1.54) is 12.0 Å². The summed E-state index contributed by atoms with van der Waals surface area (Å²) in [6, 6.07) is 9.96. The van der Waals surface area contributed by atoms with Crippen LogP contribution in [0.4, 0.5) is 0 Å². The Labute approximate surface area is 120 Å². The average molecular weight is 268 g/mol. The lowest BCUT2D eigenvalue weighted by Gasteiger charge is -2.36. The number of amides is 1. The van der Waals surface area contributed by atoms with E-state index in [-0.39, 0.29) is 11.8 Å². The van der Waals surface area contributed by atoms with Crippen molar-refractivity contribution in [2.24, 2.45) is 5.92 Å². The molecule has 3 rings (SSSR count). The van der Waals surface area contributed by atoms with E-state index in [1.807, 2.05) is 23.1 Å². The van der Waals surface area contributed by atoms with E-state index in [2.05, 4.69) is 12.1 Å². The summed E-state index contributed by atoms with van der Waals surface area (Å²) in [5.74, 6) is 0.343. The second kappa shape index (κ2) is 5.66. The van der Waals surface area contributed by atoms with E-state index in [0.29, 0.717) is 6.54 Å². The number of benzene rings is 1. The number of hydrogen-bond donors (Lipinski definition) is 0. The van der Waals surface area contributed by atoms with Crippen LogP contribution in [0.5, 0.6) is 0 Å². The summed E-state index contributed by atoms with van der Waals surface area (Å²) in [4.78, 5) is 14.5. The van der Waals surface area contributed by atoms with Gasteiger partial charge >= 0.3 is 0 Å². The monoisotopic (exact) mass is 268 g/mol. The minimum absolute atomic E-state index is 0.143. The van der Waals surface area contributed by atoms with Crippen molar-refractivity contribution in [3.8, 4) is 6.07 Å². The Hall–Kier alpha value is -1.82. The van der Waals surface area contributed by atoms with E-state index in [4.69, 9.17) is 0 Å². The molecule has 1 fully saturated rings. The first kappa shape index (κ1) is 13.2. The Morgan fingerprint density at radius 1 is 1.20 bits per heavy atom. The molecule has 3 heteroatoms. The molecule has 104 valence electrons. The summed E-state index contributed by atoms with van der Waals surface area (Å²) in [6.45, 7) is 0.685. The van der Waals surface area contributed by atoms with Crippen molar-refractivity contribution in [3.63, 3.8) is 0 Å². The van der Waals surface area contributed by atoms with E-state index >= 15 is 0 Å². The van der Waals surface area contributed by atoms with Crippen LogP contribution in [0.3, 0.4) is 0 Å². The van der Waals surface area contributed by atoms with Crippen molar-refractivity contribution < 1.29 is 4.79 Å². The van der Waals surface area contributed by atoms with Gasteiger partial charge in [0.1, 0.15) is 6.04 Å². The standard InChI is InChI=1S/C17H20N2O/c18-12-16-15-9-5-4-6-13(15)10-11-19(16)17(20)14-7-2-1-3-8-14/h4-6,9,14,16H,1-3,7-8,10-11H2/t16-/m1/s1. The lowest BCUT2D eigenvalue weighted by molar-refractivity contribution is -0.138. The zero-order chi connectivity index (χ0) is 13.9. The maximum absolute atomic E-state index is 12.7. The van der Waals surface area contributed by atoms with Gasteiger partial charge in [0.15, 0.2) is 0 Å². The Balaban J connectivity index is 1.84. The molecule has 0 saturated heterocycles. The first-order valence-electron chi connectivity index (χ1n) is 7.59. The highest BCUT2D eigenvalue weighted by molar-refractivity contribution is 5.80. The van der Waals surface area contributed by atoms with Crippen LogP contribution < -0.4 is 0 Å². The van der Waals surface area contributed by atoms with Gasteiger partial charge in [-0.05, 0) is 30.4 Å². The third kappa shape index (κ3) is 2.31. The van der Waals surface area contributed by atoms with Gasteiger partial charge in [0, 0.05) is 12.5 Å². The van der Waals surface area contributed by atoms with Gasteiger partial charge in [-0.15, -0.1) is 0 Å². The largest absolute Gasteiger partial charge is 0.322 e. The number of carbonyl (C=O) groups excluding carboxylic acids is 1. The summed E-state index contributed by atoms with van der Waals surface area (Å²) in [5.41, 5.74) is 2.23. The van der Waals surface area contributed by atoms with Gasteiger partial charge in [-0.25, -0.2) is 0 Å². The van der Waals surface area contributed by atoms with E-state index in [0.717, 1.165) is 37.7 Å². The predicted octanol–water partition coefficient (Wildman–Crippen LogP) is 3.22. The SMILES string of the molecule is N#C[C@@H]1c2ccccc2CCN1C(=O)C1CCCCC1. The molecule has 0 unspecified atom stereocenters. The Bertz CT molecular complexity index is 540. The zero-order valence-electron chi connectivity index (χ0n) is 11.7. The lowest BCUT2D eigenvalue weighted by Crippen LogP contribution is -2.43. The van der Waals surface area contributed by atoms with Crippen molar-refractivity contribution in [2.75, 3.05) is 6.54 Å². The number of fused-ring (bicyclic) bond motifs is 1. The third-order valence-corrected chi connectivity index (χ3v) is 4.64. The maximum Gasteiger partial charge on any atom is 0.227 e. The van der Waals surface area contributed by atoms with Crippen molar-refractivity contribution in [1.82, 2.24) is 4.90 Å². The van der Waals surface area contributed by atoms with Gasteiger partial charge < -0.3 is 4.90 Å². The van der Waals surface area contributed by atoms with Gasteiger partial charge in [-0.3, -0.25) is 4.79 Å². The molecule has 2 aliphatic rings. The molecule has 0 spiro atoms. The molecule has 20 heavy (non-hydrogen) atoms. The molecule has 3 nitrogen and oxygen atoms in total. The molecule has 1 saturated carbocycles. The quantitative estimate of drug-likeness (QED) is 0.785. The molecule has 1 aliphatic carbocycles. The molecule has 0 bridgehead atoms. The van der Waals surface area contributed by atoms with Crippen LogP contribution in [-0.4, -0.2) is 17.4 Å². The van der Waals surface area contributed by atoms with Crippen molar-refractivity contribution in [1.29, 1.82) is 5.26 Å². The smallest absolute Gasteiger partial charge is 0.227 e. The molecule has 1 aromatic rings. The normalized spacial score (nSPS) is 22.9. The van der Waals surface area contributed by atoms with Crippen LogP contribution in [-0.2, 0) is 11.2 Å². The molecule has 1 aliphatic heterocycles. The molecule has 0 N–H and O–H groups in total. The fourth-order valence-corrected chi connectivity index (χ4v) is 3.53. The fraction of sp³-hybridized carbons (Fsp3) is 0.529. The average Bonchev–Trinajstić information content (AvgIpc) is 2.54. The minimum Gasteiger partial charge on any atom is -0.322 e. The van der Waals surface area contributed by atoms with Gasteiger partial charge in [-0.2, -0.15) is 5.26 Å². The highest BCUT2D eigenvalue weighted by atomic mass is 16.2. The Morgan fingerprint density at radius 2 is 1.95 bits per heavy atom.